The van der Waals surface area contributed by atoms with Crippen molar-refractivity contribution < 1.29 is 12.8 Å². The Labute approximate surface area is 117 Å². The highest BCUT2D eigenvalue weighted by molar-refractivity contribution is 7.89. The van der Waals surface area contributed by atoms with Crippen LogP contribution in [0.3, 0.4) is 0 Å². The molecule has 19 heavy (non-hydrogen) atoms. The maximum Gasteiger partial charge on any atom is 0.242 e. The van der Waals surface area contributed by atoms with E-state index in [0.717, 1.165) is 5.56 Å². The van der Waals surface area contributed by atoms with Crippen molar-refractivity contribution in [1.29, 1.82) is 0 Å². The first kappa shape index (κ1) is 14.1. The fourth-order valence-corrected chi connectivity index (χ4v) is 3.56. The molecular weight excluding hydrogens is 286 g/mol. The van der Waals surface area contributed by atoms with E-state index in [9.17, 15) is 8.42 Å². The zero-order valence-corrected chi connectivity index (χ0v) is 11.9. The van der Waals surface area contributed by atoms with Crippen LogP contribution in [-0.2, 0) is 16.4 Å². The first-order chi connectivity index (χ1) is 8.99. The van der Waals surface area contributed by atoms with E-state index in [1.807, 2.05) is 0 Å². The number of sulfonamides is 1. The monoisotopic (exact) mass is 299 g/mol. The van der Waals surface area contributed by atoms with Gasteiger partial charge in [-0.25, -0.2) is 13.1 Å². The first-order valence-corrected chi connectivity index (χ1v) is 7.63. The Balaban J connectivity index is 2.11. The Morgan fingerprint density at radius 3 is 2.68 bits per heavy atom. The fraction of sp³-hybridized carbons (Fsp3) is 0.231. The summed E-state index contributed by atoms with van der Waals surface area (Å²) >= 11 is 5.90. The van der Waals surface area contributed by atoms with Crippen molar-refractivity contribution in [2.45, 2.75) is 24.3 Å². The van der Waals surface area contributed by atoms with Gasteiger partial charge in [0.2, 0.25) is 10.0 Å². The molecule has 0 aliphatic heterocycles. The molecule has 0 radical (unpaired) electrons. The largest absolute Gasteiger partial charge is 0.472 e. The molecule has 0 saturated carbocycles. The molecule has 1 atom stereocenters. The Morgan fingerprint density at radius 2 is 2.05 bits per heavy atom. The van der Waals surface area contributed by atoms with E-state index in [4.69, 9.17) is 16.0 Å². The highest BCUT2D eigenvalue weighted by Gasteiger charge is 2.20. The topological polar surface area (TPSA) is 59.3 Å². The number of halogens is 1. The molecule has 1 heterocycles. The summed E-state index contributed by atoms with van der Waals surface area (Å²) in [6, 6.07) is 7.92. The van der Waals surface area contributed by atoms with Gasteiger partial charge in [-0.3, -0.25) is 0 Å². The van der Waals surface area contributed by atoms with E-state index in [0.29, 0.717) is 6.42 Å². The molecule has 0 aliphatic carbocycles. The second-order valence-electron chi connectivity index (χ2n) is 4.29. The van der Waals surface area contributed by atoms with E-state index >= 15 is 0 Å². The second kappa shape index (κ2) is 5.77. The molecule has 1 aromatic heterocycles. The molecule has 102 valence electrons. The average molecular weight is 300 g/mol. The molecular formula is C13H14ClNO3S. The van der Waals surface area contributed by atoms with Crippen LogP contribution in [0.1, 0.15) is 12.5 Å². The van der Waals surface area contributed by atoms with Gasteiger partial charge in [-0.05, 0) is 37.1 Å². The predicted molar refractivity (Wildman–Crippen MR) is 73.6 cm³/mol. The molecule has 1 unspecified atom stereocenters. The minimum atomic E-state index is -3.61. The minimum absolute atomic E-state index is 0.0933. The lowest BCUT2D eigenvalue weighted by Crippen LogP contribution is -2.34. The Kier molecular flexibility index (Phi) is 4.29. The van der Waals surface area contributed by atoms with Crippen LogP contribution in [0, 0.1) is 0 Å². The van der Waals surface area contributed by atoms with Crippen molar-refractivity contribution in [2.75, 3.05) is 0 Å². The molecule has 1 aromatic carbocycles. The Morgan fingerprint density at radius 1 is 1.32 bits per heavy atom. The van der Waals surface area contributed by atoms with Gasteiger partial charge in [-0.2, -0.15) is 0 Å². The van der Waals surface area contributed by atoms with Crippen molar-refractivity contribution >= 4 is 21.6 Å². The highest BCUT2D eigenvalue weighted by atomic mass is 35.5. The van der Waals surface area contributed by atoms with Gasteiger partial charge in [0.1, 0.15) is 4.90 Å². The number of hydrogen-bond acceptors (Lipinski definition) is 3. The van der Waals surface area contributed by atoms with Gasteiger partial charge in [0, 0.05) is 6.04 Å². The molecule has 6 heteroatoms. The molecule has 2 aromatic rings. The third-order valence-electron chi connectivity index (χ3n) is 2.60. The lowest BCUT2D eigenvalue weighted by atomic mass is 10.1. The van der Waals surface area contributed by atoms with Gasteiger partial charge in [-0.1, -0.05) is 23.7 Å². The lowest BCUT2D eigenvalue weighted by molar-refractivity contribution is 0.549. The summed E-state index contributed by atoms with van der Waals surface area (Å²) in [5.41, 5.74) is 0.939. The van der Waals surface area contributed by atoms with Crippen molar-refractivity contribution in [3.63, 3.8) is 0 Å². The molecule has 0 bridgehead atoms. The molecule has 1 N–H and O–H groups in total. The number of hydrogen-bond donors (Lipinski definition) is 1. The van der Waals surface area contributed by atoms with Crippen LogP contribution < -0.4 is 4.72 Å². The minimum Gasteiger partial charge on any atom is -0.472 e. The van der Waals surface area contributed by atoms with Crippen LogP contribution >= 0.6 is 11.6 Å². The SMILES string of the molecule is CC(Cc1ccoc1)NS(=O)(=O)c1ccccc1Cl. The Bertz CT molecular complexity index is 638. The van der Waals surface area contributed by atoms with Crippen molar-refractivity contribution in [1.82, 2.24) is 4.72 Å². The summed E-state index contributed by atoms with van der Waals surface area (Å²) in [6.07, 6.45) is 3.71. The maximum atomic E-state index is 12.2. The molecule has 0 fully saturated rings. The molecule has 0 amide bonds. The van der Waals surface area contributed by atoms with E-state index in [1.165, 1.54) is 6.07 Å². The quantitative estimate of drug-likeness (QED) is 0.923. The number of benzene rings is 1. The van der Waals surface area contributed by atoms with Gasteiger partial charge in [-0.15, -0.1) is 0 Å². The third-order valence-corrected chi connectivity index (χ3v) is 4.69. The van der Waals surface area contributed by atoms with Crippen LogP contribution in [0.4, 0.5) is 0 Å². The van der Waals surface area contributed by atoms with Gasteiger partial charge < -0.3 is 4.42 Å². The summed E-state index contributed by atoms with van der Waals surface area (Å²) in [7, 11) is -3.61. The zero-order valence-electron chi connectivity index (χ0n) is 10.3. The van der Waals surface area contributed by atoms with Gasteiger partial charge in [0.25, 0.3) is 0 Å². The highest BCUT2D eigenvalue weighted by Crippen LogP contribution is 2.20. The van der Waals surface area contributed by atoms with E-state index in [2.05, 4.69) is 4.72 Å². The lowest BCUT2D eigenvalue weighted by Gasteiger charge is -2.14. The molecule has 0 aliphatic rings. The number of rotatable bonds is 5. The average Bonchev–Trinajstić information content (AvgIpc) is 2.81. The molecule has 0 spiro atoms. The first-order valence-electron chi connectivity index (χ1n) is 5.77. The summed E-state index contributed by atoms with van der Waals surface area (Å²) in [5, 5.41) is 0.213. The summed E-state index contributed by atoms with van der Waals surface area (Å²) in [5.74, 6) is 0. The van der Waals surface area contributed by atoms with E-state index < -0.39 is 10.0 Å². The number of furan rings is 1. The maximum absolute atomic E-state index is 12.2. The normalized spacial score (nSPS) is 13.4. The molecule has 4 nitrogen and oxygen atoms in total. The van der Waals surface area contributed by atoms with Crippen LogP contribution in [0.2, 0.25) is 5.02 Å². The Hall–Kier alpha value is -1.30. The summed E-state index contributed by atoms with van der Waals surface area (Å²) in [6.45, 7) is 1.79. The van der Waals surface area contributed by atoms with Crippen molar-refractivity contribution in [2.24, 2.45) is 0 Å². The van der Waals surface area contributed by atoms with Gasteiger partial charge in [0.05, 0.1) is 17.5 Å². The fourth-order valence-electron chi connectivity index (χ4n) is 1.80. The smallest absolute Gasteiger partial charge is 0.242 e. The summed E-state index contributed by atoms with van der Waals surface area (Å²) < 4.78 is 31.9. The van der Waals surface area contributed by atoms with Crippen molar-refractivity contribution in [3.05, 3.63) is 53.4 Å². The molecule has 0 saturated heterocycles. The van der Waals surface area contributed by atoms with Crippen LogP contribution in [0.5, 0.6) is 0 Å². The van der Waals surface area contributed by atoms with Crippen LogP contribution in [0.15, 0.2) is 52.2 Å². The van der Waals surface area contributed by atoms with Crippen molar-refractivity contribution in [3.8, 4) is 0 Å². The predicted octanol–water partition coefficient (Wildman–Crippen LogP) is 2.84. The van der Waals surface area contributed by atoms with Crippen LogP contribution in [0.25, 0.3) is 0 Å². The van der Waals surface area contributed by atoms with E-state index in [1.54, 1.807) is 43.7 Å². The molecule has 2 rings (SSSR count). The third kappa shape index (κ3) is 3.59. The number of nitrogens with one attached hydrogen (secondary N) is 1. The summed E-state index contributed by atoms with van der Waals surface area (Å²) in [4.78, 5) is 0.0933. The van der Waals surface area contributed by atoms with Gasteiger partial charge >= 0.3 is 0 Å². The standard InChI is InChI=1S/C13H14ClNO3S/c1-10(8-11-6-7-18-9-11)15-19(16,17)13-5-3-2-4-12(13)14/h2-7,9-10,15H,8H2,1H3. The van der Waals surface area contributed by atoms with Crippen LogP contribution in [-0.4, -0.2) is 14.5 Å². The van der Waals surface area contributed by atoms with Gasteiger partial charge in [0.15, 0.2) is 0 Å². The zero-order chi connectivity index (χ0) is 13.9. The second-order valence-corrected chi connectivity index (χ2v) is 6.38. The van der Waals surface area contributed by atoms with E-state index in [-0.39, 0.29) is 16.0 Å².